The zero-order valence-corrected chi connectivity index (χ0v) is 20.0. The number of anilines is 1. The molecule has 31 heavy (non-hydrogen) atoms. The molecule has 0 aliphatic rings. The van der Waals surface area contributed by atoms with E-state index in [1.807, 2.05) is 50.2 Å². The SMILES string of the molecule is Cc1cccc(N(CCCC(=O)NCCOc2ccccc2C(C)C)S(C)(=O)=O)c1C. The number of carbonyl (C=O) groups is 1. The number of amides is 1. The van der Waals surface area contributed by atoms with Gasteiger partial charge >= 0.3 is 0 Å². The van der Waals surface area contributed by atoms with E-state index in [0.717, 1.165) is 22.4 Å². The molecule has 0 spiro atoms. The minimum Gasteiger partial charge on any atom is -0.491 e. The number of carbonyl (C=O) groups excluding carboxylic acids is 1. The molecule has 0 bridgehead atoms. The van der Waals surface area contributed by atoms with Crippen LogP contribution in [0.3, 0.4) is 0 Å². The van der Waals surface area contributed by atoms with Crippen LogP contribution in [0.25, 0.3) is 0 Å². The van der Waals surface area contributed by atoms with E-state index in [1.54, 1.807) is 6.07 Å². The van der Waals surface area contributed by atoms with Crippen molar-refractivity contribution in [3.8, 4) is 5.75 Å². The van der Waals surface area contributed by atoms with Crippen LogP contribution in [0.15, 0.2) is 42.5 Å². The van der Waals surface area contributed by atoms with Crippen molar-refractivity contribution in [1.29, 1.82) is 0 Å². The fraction of sp³-hybridized carbons (Fsp3) is 0.458. The van der Waals surface area contributed by atoms with Crippen LogP contribution in [0.4, 0.5) is 5.69 Å². The maximum atomic E-state index is 12.3. The highest BCUT2D eigenvalue weighted by Crippen LogP contribution is 2.26. The van der Waals surface area contributed by atoms with E-state index in [9.17, 15) is 13.2 Å². The number of benzene rings is 2. The maximum Gasteiger partial charge on any atom is 0.232 e. The fourth-order valence-electron chi connectivity index (χ4n) is 3.38. The standard InChI is InChI=1S/C24H34N2O4S/c1-18(2)21-11-6-7-13-23(21)30-17-15-25-24(27)14-9-16-26(31(5,28)29)22-12-8-10-19(3)20(22)4/h6-8,10-13,18H,9,14-17H2,1-5H3,(H,25,27). The van der Waals surface area contributed by atoms with Gasteiger partial charge in [0, 0.05) is 13.0 Å². The summed E-state index contributed by atoms with van der Waals surface area (Å²) in [6, 6.07) is 13.5. The van der Waals surface area contributed by atoms with Crippen molar-refractivity contribution in [1.82, 2.24) is 5.32 Å². The minimum absolute atomic E-state index is 0.116. The smallest absolute Gasteiger partial charge is 0.232 e. The first kappa shape index (κ1) is 24.7. The van der Waals surface area contributed by atoms with Gasteiger partial charge in [0.2, 0.25) is 15.9 Å². The minimum atomic E-state index is -3.44. The molecule has 170 valence electrons. The Morgan fingerprint density at radius 3 is 2.48 bits per heavy atom. The number of sulfonamides is 1. The van der Waals surface area contributed by atoms with Gasteiger partial charge in [-0.15, -0.1) is 0 Å². The average Bonchev–Trinajstić information content (AvgIpc) is 2.70. The summed E-state index contributed by atoms with van der Waals surface area (Å²) >= 11 is 0. The lowest BCUT2D eigenvalue weighted by atomic mass is 10.0. The molecule has 0 radical (unpaired) electrons. The third-order valence-electron chi connectivity index (χ3n) is 5.23. The summed E-state index contributed by atoms with van der Waals surface area (Å²) < 4.78 is 31.8. The highest BCUT2D eigenvalue weighted by Gasteiger charge is 2.19. The quantitative estimate of drug-likeness (QED) is 0.526. The number of hydrogen-bond donors (Lipinski definition) is 1. The van der Waals surface area contributed by atoms with Crippen molar-refractivity contribution in [2.75, 3.05) is 30.3 Å². The lowest BCUT2D eigenvalue weighted by Crippen LogP contribution is -2.33. The molecule has 0 saturated carbocycles. The lowest BCUT2D eigenvalue weighted by molar-refractivity contribution is -0.121. The molecule has 1 N–H and O–H groups in total. The monoisotopic (exact) mass is 446 g/mol. The number of ether oxygens (including phenoxy) is 1. The van der Waals surface area contributed by atoms with Gasteiger partial charge in [0.1, 0.15) is 12.4 Å². The van der Waals surface area contributed by atoms with Crippen LogP contribution in [-0.4, -0.2) is 40.3 Å². The molecule has 1 amide bonds. The van der Waals surface area contributed by atoms with Gasteiger partial charge < -0.3 is 10.1 Å². The fourth-order valence-corrected chi connectivity index (χ4v) is 4.40. The van der Waals surface area contributed by atoms with Crippen LogP contribution in [0, 0.1) is 13.8 Å². The van der Waals surface area contributed by atoms with Gasteiger partial charge in [0.05, 0.1) is 18.5 Å². The number of nitrogens with one attached hydrogen (secondary N) is 1. The summed E-state index contributed by atoms with van der Waals surface area (Å²) in [5.41, 5.74) is 3.76. The third kappa shape index (κ3) is 7.28. The van der Waals surface area contributed by atoms with E-state index >= 15 is 0 Å². The predicted molar refractivity (Wildman–Crippen MR) is 126 cm³/mol. The number of rotatable bonds is 11. The second kappa shape index (κ2) is 11.2. The van der Waals surface area contributed by atoms with Gasteiger partial charge in [-0.05, 0) is 55.0 Å². The maximum absolute atomic E-state index is 12.3. The molecule has 0 saturated heterocycles. The van der Waals surface area contributed by atoms with Gasteiger partial charge in [0.25, 0.3) is 0 Å². The van der Waals surface area contributed by atoms with Crippen molar-refractivity contribution >= 4 is 21.6 Å². The number of aryl methyl sites for hydroxylation is 1. The van der Waals surface area contributed by atoms with Crippen molar-refractivity contribution in [2.45, 2.75) is 46.5 Å². The number of hydrogen-bond acceptors (Lipinski definition) is 4. The Hall–Kier alpha value is -2.54. The third-order valence-corrected chi connectivity index (χ3v) is 6.41. The first-order valence-electron chi connectivity index (χ1n) is 10.6. The Balaban J connectivity index is 1.82. The average molecular weight is 447 g/mol. The van der Waals surface area contributed by atoms with E-state index < -0.39 is 10.0 Å². The second-order valence-corrected chi connectivity index (χ2v) is 9.96. The van der Waals surface area contributed by atoms with Crippen LogP contribution in [0.2, 0.25) is 0 Å². The molecule has 0 aliphatic heterocycles. The Bertz CT molecular complexity index is 987. The zero-order chi connectivity index (χ0) is 23.0. The zero-order valence-electron chi connectivity index (χ0n) is 19.1. The number of para-hydroxylation sites is 1. The van der Waals surface area contributed by atoms with Crippen molar-refractivity contribution in [3.05, 3.63) is 59.2 Å². The largest absolute Gasteiger partial charge is 0.491 e. The highest BCUT2D eigenvalue weighted by molar-refractivity contribution is 7.92. The molecule has 7 heteroatoms. The van der Waals surface area contributed by atoms with Crippen LogP contribution < -0.4 is 14.4 Å². The molecule has 6 nitrogen and oxygen atoms in total. The van der Waals surface area contributed by atoms with Gasteiger partial charge in [-0.1, -0.05) is 44.2 Å². The molecule has 2 aromatic carbocycles. The van der Waals surface area contributed by atoms with E-state index in [1.165, 1.54) is 10.6 Å². The van der Waals surface area contributed by atoms with E-state index in [0.29, 0.717) is 31.2 Å². The Kier molecular flexibility index (Phi) is 8.92. The predicted octanol–water partition coefficient (Wildman–Crippen LogP) is 4.17. The van der Waals surface area contributed by atoms with Crippen LogP contribution in [0.1, 0.15) is 49.3 Å². The van der Waals surface area contributed by atoms with Crippen LogP contribution >= 0.6 is 0 Å². The first-order chi connectivity index (χ1) is 14.6. The summed E-state index contributed by atoms with van der Waals surface area (Å²) in [4.78, 5) is 12.2. The van der Waals surface area contributed by atoms with E-state index in [2.05, 4.69) is 19.2 Å². The Labute approximate surface area is 186 Å². The number of nitrogens with zero attached hydrogens (tertiary/aromatic N) is 1. The Morgan fingerprint density at radius 2 is 1.81 bits per heavy atom. The summed E-state index contributed by atoms with van der Waals surface area (Å²) in [5, 5.41) is 2.84. The van der Waals surface area contributed by atoms with Crippen molar-refractivity contribution < 1.29 is 17.9 Å². The molecule has 0 aromatic heterocycles. The molecule has 0 fully saturated rings. The second-order valence-electron chi connectivity index (χ2n) is 8.05. The molecular weight excluding hydrogens is 412 g/mol. The lowest BCUT2D eigenvalue weighted by Gasteiger charge is -2.24. The highest BCUT2D eigenvalue weighted by atomic mass is 32.2. The van der Waals surface area contributed by atoms with Crippen LogP contribution in [0.5, 0.6) is 5.75 Å². The summed E-state index contributed by atoms with van der Waals surface area (Å²) in [7, 11) is -3.44. The summed E-state index contributed by atoms with van der Waals surface area (Å²) in [6.45, 7) is 9.13. The Morgan fingerprint density at radius 1 is 1.10 bits per heavy atom. The molecule has 0 unspecified atom stereocenters. The van der Waals surface area contributed by atoms with Gasteiger partial charge in [-0.3, -0.25) is 9.10 Å². The van der Waals surface area contributed by atoms with Gasteiger partial charge in [-0.2, -0.15) is 0 Å². The molecule has 0 heterocycles. The molecule has 0 aliphatic carbocycles. The summed E-state index contributed by atoms with van der Waals surface area (Å²) in [5.74, 6) is 1.08. The van der Waals surface area contributed by atoms with Crippen LogP contribution in [-0.2, 0) is 14.8 Å². The van der Waals surface area contributed by atoms with Crippen molar-refractivity contribution in [3.63, 3.8) is 0 Å². The molecule has 2 aromatic rings. The molecule has 0 atom stereocenters. The van der Waals surface area contributed by atoms with Gasteiger partial charge in [-0.25, -0.2) is 8.42 Å². The topological polar surface area (TPSA) is 75.7 Å². The normalized spacial score (nSPS) is 11.4. The van der Waals surface area contributed by atoms with E-state index in [-0.39, 0.29) is 18.9 Å². The first-order valence-corrected chi connectivity index (χ1v) is 12.5. The van der Waals surface area contributed by atoms with Gasteiger partial charge in [0.15, 0.2) is 0 Å². The van der Waals surface area contributed by atoms with Crippen molar-refractivity contribution in [2.24, 2.45) is 0 Å². The summed E-state index contributed by atoms with van der Waals surface area (Å²) in [6.07, 6.45) is 1.88. The van der Waals surface area contributed by atoms with E-state index in [4.69, 9.17) is 4.74 Å². The molecular formula is C24H34N2O4S. The molecule has 2 rings (SSSR count).